The predicted molar refractivity (Wildman–Crippen MR) is 194 cm³/mol. The second-order valence-corrected chi connectivity index (χ2v) is 12.0. The topological polar surface area (TPSA) is 27.4 Å². The second-order valence-electron chi connectivity index (χ2n) is 12.0. The summed E-state index contributed by atoms with van der Waals surface area (Å²) in [4.78, 5) is 3.68. The Kier molecular flexibility index (Phi) is 5.32. The third kappa shape index (κ3) is 3.63. The molecule has 0 bridgehead atoms. The monoisotopic (exact) mass is 599 g/mol. The van der Waals surface area contributed by atoms with E-state index in [1.54, 1.807) is 0 Å². The van der Waals surface area contributed by atoms with E-state index in [9.17, 15) is 0 Å². The Morgan fingerprint density at radius 3 is 1.60 bits per heavy atom. The zero-order valence-corrected chi connectivity index (χ0v) is 25.2. The Labute approximate surface area is 269 Å². The normalized spacial score (nSPS) is 11.8. The van der Waals surface area contributed by atoms with Crippen molar-refractivity contribution in [2.75, 3.05) is 0 Å². The lowest BCUT2D eigenvalue weighted by molar-refractivity contribution is 0.669. The fourth-order valence-electron chi connectivity index (χ4n) is 7.55. The van der Waals surface area contributed by atoms with Crippen LogP contribution < -0.4 is 0 Å². The fraction of sp³-hybridized carbons (Fsp3) is 0. The predicted octanol–water partition coefficient (Wildman–Crippen LogP) is 12.0. The first-order valence-corrected chi connectivity index (χ1v) is 15.7. The molecule has 10 aromatic rings. The number of aromatic nitrogens is 2. The summed E-state index contributed by atoms with van der Waals surface area (Å²) in [5, 5.41) is 6.81. The minimum absolute atomic E-state index is 0.603. The van der Waals surface area contributed by atoms with Crippen LogP contribution in [0.2, 0.25) is 0 Å². The molecule has 0 fully saturated rings. The molecule has 4 nitrogen and oxygen atoms in total. The van der Waals surface area contributed by atoms with Gasteiger partial charge in [0.05, 0.1) is 28.6 Å². The molecule has 47 heavy (non-hydrogen) atoms. The summed E-state index contributed by atoms with van der Waals surface area (Å²) < 4.78 is 11.0. The standard InChI is InChI=1S/C43H25N3O/c1-44-27-21-23-40-36(25-27)37-26-29(22-24-41(37)47-40)46-39-20-8-6-14-31(39)33-16-10-18-35(43(33)46)34-17-9-15-32-30-13-5-7-19-38(30)45(42(32)34)28-11-3-2-4-12-28/h2-26H. The molecule has 0 aliphatic heterocycles. The lowest BCUT2D eigenvalue weighted by Gasteiger charge is -2.15. The largest absolute Gasteiger partial charge is 0.456 e. The SMILES string of the molecule is [C-]#[N+]c1ccc2oc3ccc(-n4c5ccccc5c5cccc(-c6cccc7c8ccccc8n(-c8ccccc8)c67)c54)cc3c2c1. The van der Waals surface area contributed by atoms with E-state index in [0.717, 1.165) is 49.9 Å². The van der Waals surface area contributed by atoms with Crippen molar-refractivity contribution in [2.24, 2.45) is 0 Å². The van der Waals surface area contributed by atoms with E-state index >= 15 is 0 Å². The van der Waals surface area contributed by atoms with Gasteiger partial charge >= 0.3 is 0 Å². The van der Waals surface area contributed by atoms with E-state index < -0.39 is 0 Å². The molecule has 218 valence electrons. The van der Waals surface area contributed by atoms with Crippen molar-refractivity contribution in [3.63, 3.8) is 0 Å². The first-order valence-electron chi connectivity index (χ1n) is 15.7. The van der Waals surface area contributed by atoms with E-state index in [0.29, 0.717) is 5.69 Å². The number of fused-ring (bicyclic) bond motifs is 9. The van der Waals surface area contributed by atoms with Gasteiger partial charge in [0.15, 0.2) is 5.69 Å². The summed E-state index contributed by atoms with van der Waals surface area (Å²) in [6, 6.07) is 53.4. The Morgan fingerprint density at radius 2 is 0.957 bits per heavy atom. The van der Waals surface area contributed by atoms with E-state index in [-0.39, 0.29) is 0 Å². The third-order valence-corrected chi connectivity index (χ3v) is 9.52. The van der Waals surface area contributed by atoms with Crippen molar-refractivity contribution in [3.8, 4) is 22.5 Å². The van der Waals surface area contributed by atoms with Gasteiger partial charge in [-0.2, -0.15) is 0 Å². The van der Waals surface area contributed by atoms with Crippen molar-refractivity contribution in [1.82, 2.24) is 9.13 Å². The Hall–Kier alpha value is -6.57. The van der Waals surface area contributed by atoms with Crippen LogP contribution in [0.4, 0.5) is 5.69 Å². The molecule has 3 heterocycles. The Balaban J connectivity index is 1.34. The lowest BCUT2D eigenvalue weighted by atomic mass is 9.99. The van der Waals surface area contributed by atoms with Crippen LogP contribution in [0, 0.1) is 6.57 Å². The van der Waals surface area contributed by atoms with Gasteiger partial charge in [-0.15, -0.1) is 0 Å². The van der Waals surface area contributed by atoms with Crippen LogP contribution in [0.15, 0.2) is 156 Å². The minimum atomic E-state index is 0.603. The lowest BCUT2D eigenvalue weighted by Crippen LogP contribution is -1.98. The average molecular weight is 600 g/mol. The molecule has 0 saturated heterocycles. The molecule has 0 aliphatic rings. The number of para-hydroxylation sites is 5. The van der Waals surface area contributed by atoms with Gasteiger partial charge < -0.3 is 13.6 Å². The van der Waals surface area contributed by atoms with Gasteiger partial charge in [0.25, 0.3) is 0 Å². The molecule has 0 amide bonds. The fourth-order valence-corrected chi connectivity index (χ4v) is 7.55. The van der Waals surface area contributed by atoms with Crippen molar-refractivity contribution in [1.29, 1.82) is 0 Å². The number of rotatable bonds is 3. The summed E-state index contributed by atoms with van der Waals surface area (Å²) in [5.41, 5.74) is 11.4. The molecule has 0 aliphatic carbocycles. The average Bonchev–Trinajstić information content (AvgIpc) is 3.79. The quantitative estimate of drug-likeness (QED) is 0.186. The van der Waals surface area contributed by atoms with E-state index in [1.165, 1.54) is 38.1 Å². The smallest absolute Gasteiger partial charge is 0.188 e. The van der Waals surface area contributed by atoms with Crippen LogP contribution in [-0.4, -0.2) is 9.13 Å². The van der Waals surface area contributed by atoms with Gasteiger partial charge in [-0.3, -0.25) is 0 Å². The Bertz CT molecular complexity index is 2910. The molecule has 7 aromatic carbocycles. The number of hydrogen-bond acceptors (Lipinski definition) is 1. The number of hydrogen-bond donors (Lipinski definition) is 0. The molecule has 0 atom stereocenters. The molecule has 0 spiro atoms. The summed E-state index contributed by atoms with van der Waals surface area (Å²) in [6.07, 6.45) is 0. The minimum Gasteiger partial charge on any atom is -0.456 e. The van der Waals surface area contributed by atoms with Crippen molar-refractivity contribution < 1.29 is 4.42 Å². The van der Waals surface area contributed by atoms with Crippen LogP contribution in [0.25, 0.3) is 92.9 Å². The highest BCUT2D eigenvalue weighted by Crippen LogP contribution is 2.44. The van der Waals surface area contributed by atoms with Crippen LogP contribution in [-0.2, 0) is 0 Å². The summed E-state index contributed by atoms with van der Waals surface area (Å²) in [7, 11) is 0. The van der Waals surface area contributed by atoms with Gasteiger partial charge in [-0.25, -0.2) is 4.85 Å². The molecular formula is C43H25N3O. The maximum Gasteiger partial charge on any atom is 0.188 e. The molecule has 0 saturated carbocycles. The second kappa shape index (κ2) is 9.71. The molecule has 0 radical (unpaired) electrons. The van der Waals surface area contributed by atoms with Crippen LogP contribution in [0.3, 0.4) is 0 Å². The van der Waals surface area contributed by atoms with Gasteiger partial charge in [-0.1, -0.05) is 97.1 Å². The van der Waals surface area contributed by atoms with Gasteiger partial charge in [-0.05, 0) is 54.6 Å². The maximum absolute atomic E-state index is 7.57. The Morgan fingerprint density at radius 1 is 0.426 bits per heavy atom. The van der Waals surface area contributed by atoms with Crippen LogP contribution in [0.5, 0.6) is 0 Å². The van der Waals surface area contributed by atoms with Crippen molar-refractivity contribution >= 4 is 71.2 Å². The van der Waals surface area contributed by atoms with Crippen LogP contribution in [0.1, 0.15) is 0 Å². The van der Waals surface area contributed by atoms with E-state index in [4.69, 9.17) is 11.0 Å². The van der Waals surface area contributed by atoms with E-state index in [1.807, 2.05) is 18.2 Å². The van der Waals surface area contributed by atoms with Crippen molar-refractivity contribution in [2.45, 2.75) is 0 Å². The molecule has 10 rings (SSSR count). The zero-order valence-electron chi connectivity index (χ0n) is 25.2. The highest BCUT2D eigenvalue weighted by molar-refractivity contribution is 6.19. The molecule has 4 heteroatoms. The zero-order chi connectivity index (χ0) is 31.1. The van der Waals surface area contributed by atoms with Gasteiger partial charge in [0.1, 0.15) is 11.2 Å². The maximum atomic E-state index is 7.57. The molecule has 3 aromatic heterocycles. The van der Waals surface area contributed by atoms with Crippen molar-refractivity contribution in [3.05, 3.63) is 163 Å². The van der Waals surface area contributed by atoms with E-state index in [2.05, 4.69) is 147 Å². The number of benzene rings is 7. The summed E-state index contributed by atoms with van der Waals surface area (Å²) in [6.45, 7) is 7.57. The first-order chi connectivity index (χ1) is 23.3. The summed E-state index contributed by atoms with van der Waals surface area (Å²) >= 11 is 0. The number of furan rings is 1. The molecule has 0 unspecified atom stereocenters. The van der Waals surface area contributed by atoms with Crippen LogP contribution >= 0.6 is 0 Å². The highest BCUT2D eigenvalue weighted by atomic mass is 16.3. The highest BCUT2D eigenvalue weighted by Gasteiger charge is 2.21. The third-order valence-electron chi connectivity index (χ3n) is 9.52. The molecule has 0 N–H and O–H groups in total. The summed E-state index contributed by atoms with van der Waals surface area (Å²) in [5.74, 6) is 0. The first kappa shape index (κ1) is 25.7. The van der Waals surface area contributed by atoms with Gasteiger partial charge in [0, 0.05) is 54.8 Å². The van der Waals surface area contributed by atoms with Gasteiger partial charge in [0.2, 0.25) is 0 Å². The number of nitrogens with zero attached hydrogens (tertiary/aromatic N) is 3. The molecular weight excluding hydrogens is 574 g/mol.